The summed E-state index contributed by atoms with van der Waals surface area (Å²) in [6.45, 7) is 4.30. The number of methoxy groups -OCH3 is 1. The quantitative estimate of drug-likeness (QED) is 0.433. The second-order valence-electron chi connectivity index (χ2n) is 5.76. The first-order valence-corrected chi connectivity index (χ1v) is 9.01. The van der Waals surface area contributed by atoms with Crippen LogP contribution < -0.4 is 14.6 Å². The van der Waals surface area contributed by atoms with Crippen LogP contribution in [0.2, 0.25) is 0 Å². The van der Waals surface area contributed by atoms with E-state index in [1.165, 1.54) is 17.4 Å². The molecule has 0 radical (unpaired) electrons. The maximum absolute atomic E-state index is 12.9. The summed E-state index contributed by atoms with van der Waals surface area (Å²) in [7, 11) is 1.61. The highest BCUT2D eigenvalue weighted by Gasteiger charge is 2.31. The van der Waals surface area contributed by atoms with Crippen LogP contribution >= 0.6 is 11.3 Å². The van der Waals surface area contributed by atoms with Gasteiger partial charge in [0.05, 0.1) is 12.7 Å². The summed E-state index contributed by atoms with van der Waals surface area (Å²) in [5.74, 6) is 0.756. The summed E-state index contributed by atoms with van der Waals surface area (Å²) in [4.78, 5) is 0. The number of aromatic nitrogens is 1. The Labute approximate surface area is 159 Å². The second kappa shape index (κ2) is 7.84. The van der Waals surface area contributed by atoms with Crippen molar-refractivity contribution in [3.8, 4) is 17.0 Å². The van der Waals surface area contributed by atoms with E-state index in [-0.39, 0.29) is 0 Å². The molecule has 0 fully saturated rings. The lowest BCUT2D eigenvalue weighted by Crippen LogP contribution is -2.35. The van der Waals surface area contributed by atoms with Gasteiger partial charge in [0.25, 0.3) is 0 Å². The van der Waals surface area contributed by atoms with E-state index in [0.29, 0.717) is 12.2 Å². The molecule has 7 heteroatoms. The predicted molar refractivity (Wildman–Crippen MR) is 101 cm³/mol. The molecule has 0 saturated heterocycles. The molecule has 1 aromatic heterocycles. The fourth-order valence-corrected chi connectivity index (χ4v) is 3.60. The smallest absolute Gasteiger partial charge is 0.416 e. The summed E-state index contributed by atoms with van der Waals surface area (Å²) < 4.78 is 46.0. The van der Waals surface area contributed by atoms with Crippen LogP contribution in [0.5, 0.6) is 5.75 Å². The van der Waals surface area contributed by atoms with Gasteiger partial charge < -0.3 is 4.74 Å². The molecule has 0 amide bonds. The number of ether oxygens (including phenoxy) is 1. The molecule has 3 nitrogen and oxygen atoms in total. The first kappa shape index (κ1) is 19.0. The van der Waals surface area contributed by atoms with Gasteiger partial charge in [0.2, 0.25) is 0 Å². The molecule has 0 aliphatic heterocycles. The van der Waals surface area contributed by atoms with Crippen LogP contribution in [0.4, 0.5) is 24.0 Å². The van der Waals surface area contributed by atoms with E-state index in [9.17, 15) is 13.2 Å². The van der Waals surface area contributed by atoms with Gasteiger partial charge in [-0.15, -0.1) is 0 Å². The topological polar surface area (TPSA) is 25.1 Å². The van der Waals surface area contributed by atoms with Gasteiger partial charge in [-0.1, -0.05) is 30.1 Å². The molecule has 0 bridgehead atoms. The zero-order valence-electron chi connectivity index (χ0n) is 14.6. The maximum atomic E-state index is 12.9. The zero-order valence-corrected chi connectivity index (χ0v) is 15.4. The molecule has 0 aliphatic rings. The monoisotopic (exact) mass is 391 g/mol. The van der Waals surface area contributed by atoms with E-state index < -0.39 is 11.7 Å². The third kappa shape index (κ3) is 4.31. The number of nitrogens with one attached hydrogen (secondary N) is 1. The van der Waals surface area contributed by atoms with Crippen LogP contribution in [0.15, 0.2) is 66.6 Å². The standard InChI is InChI=1S/C20H17F3N2OS/c1-3-11-25-18(14-7-9-17(26-2)10-8-14)13-27-19(25)24-16-6-4-5-15(12-16)20(21,22)23/h3-10,12-13H,1,11H2,2H3/p+1. The number of benzene rings is 2. The Bertz CT molecular complexity index is 933. The minimum atomic E-state index is -4.38. The fourth-order valence-electron chi connectivity index (χ4n) is 2.64. The number of nitrogens with zero attached hydrogens (tertiary/aromatic N) is 1. The Morgan fingerprint density at radius 2 is 1.93 bits per heavy atom. The highest BCUT2D eigenvalue weighted by Crippen LogP contribution is 2.32. The zero-order chi connectivity index (χ0) is 19.4. The summed E-state index contributed by atoms with van der Waals surface area (Å²) >= 11 is 1.42. The molecule has 0 atom stereocenters. The van der Waals surface area contributed by atoms with Crippen molar-refractivity contribution in [1.82, 2.24) is 0 Å². The number of rotatable bonds is 6. The van der Waals surface area contributed by atoms with Crippen molar-refractivity contribution in [3.05, 3.63) is 72.1 Å². The van der Waals surface area contributed by atoms with Crippen LogP contribution in [0, 0.1) is 0 Å². The molecule has 1 N–H and O–H groups in total. The molecule has 140 valence electrons. The second-order valence-corrected chi connectivity index (χ2v) is 6.62. The van der Waals surface area contributed by atoms with Crippen molar-refractivity contribution in [2.24, 2.45) is 0 Å². The van der Waals surface area contributed by atoms with Crippen molar-refractivity contribution in [3.63, 3.8) is 0 Å². The van der Waals surface area contributed by atoms with Gasteiger partial charge >= 0.3 is 11.3 Å². The number of halogens is 3. The van der Waals surface area contributed by atoms with Crippen LogP contribution in [0.3, 0.4) is 0 Å². The van der Waals surface area contributed by atoms with Gasteiger partial charge in [0.1, 0.15) is 23.7 Å². The summed E-state index contributed by atoms with van der Waals surface area (Å²) in [6, 6.07) is 12.8. The van der Waals surface area contributed by atoms with E-state index >= 15 is 0 Å². The van der Waals surface area contributed by atoms with Gasteiger partial charge in [-0.3, -0.25) is 0 Å². The highest BCUT2D eigenvalue weighted by molar-refractivity contribution is 7.13. The maximum Gasteiger partial charge on any atom is 0.416 e. The van der Waals surface area contributed by atoms with Crippen LogP contribution in [-0.2, 0) is 12.7 Å². The molecule has 27 heavy (non-hydrogen) atoms. The lowest BCUT2D eigenvalue weighted by atomic mass is 10.1. The van der Waals surface area contributed by atoms with E-state index in [2.05, 4.69) is 11.9 Å². The summed E-state index contributed by atoms with van der Waals surface area (Å²) in [6.07, 6.45) is -2.63. The molecule has 0 saturated carbocycles. The first-order chi connectivity index (χ1) is 12.9. The lowest BCUT2D eigenvalue weighted by molar-refractivity contribution is -0.657. The average molecular weight is 391 g/mol. The Kier molecular flexibility index (Phi) is 5.51. The molecule has 3 aromatic rings. The molecule has 3 rings (SSSR count). The Morgan fingerprint density at radius 3 is 2.56 bits per heavy atom. The van der Waals surface area contributed by atoms with Gasteiger partial charge in [-0.05, 0) is 42.5 Å². The number of allylic oxidation sites excluding steroid dienone is 1. The average Bonchev–Trinajstić information content (AvgIpc) is 3.04. The van der Waals surface area contributed by atoms with Crippen molar-refractivity contribution in [1.29, 1.82) is 0 Å². The predicted octanol–water partition coefficient (Wildman–Crippen LogP) is 5.66. The molecular weight excluding hydrogens is 373 g/mol. The van der Waals surface area contributed by atoms with Crippen LogP contribution in [0.25, 0.3) is 11.3 Å². The highest BCUT2D eigenvalue weighted by atomic mass is 32.1. The lowest BCUT2D eigenvalue weighted by Gasteiger charge is -2.08. The fraction of sp³-hybridized carbons (Fsp3) is 0.150. The molecular formula is C20H18F3N2OS+. The Morgan fingerprint density at radius 1 is 1.19 bits per heavy atom. The largest absolute Gasteiger partial charge is 0.497 e. The van der Waals surface area contributed by atoms with Crippen LogP contribution in [0.1, 0.15) is 5.56 Å². The third-order valence-electron chi connectivity index (χ3n) is 3.96. The van der Waals surface area contributed by atoms with Crippen molar-refractivity contribution < 1.29 is 22.5 Å². The molecule has 1 heterocycles. The Hall–Kier alpha value is -2.80. The van der Waals surface area contributed by atoms with Crippen molar-refractivity contribution >= 4 is 22.2 Å². The van der Waals surface area contributed by atoms with Crippen molar-refractivity contribution in [2.45, 2.75) is 12.7 Å². The van der Waals surface area contributed by atoms with Crippen LogP contribution in [-0.4, -0.2) is 7.11 Å². The molecule has 0 aliphatic carbocycles. The minimum Gasteiger partial charge on any atom is -0.497 e. The number of hydrogen-bond acceptors (Lipinski definition) is 3. The number of thiazole rings is 1. The van der Waals surface area contributed by atoms with Crippen molar-refractivity contribution in [2.75, 3.05) is 12.4 Å². The molecule has 2 aromatic carbocycles. The normalized spacial score (nSPS) is 11.3. The number of hydrogen-bond donors (Lipinski definition) is 1. The SMILES string of the molecule is C=CC[n+]1c(-c2ccc(OC)cc2)csc1Nc1cccc(C(F)(F)F)c1. The first-order valence-electron chi connectivity index (χ1n) is 8.13. The molecule has 0 unspecified atom stereocenters. The summed E-state index contributed by atoms with van der Waals surface area (Å²) in [5.41, 5.74) is 1.61. The number of anilines is 2. The van der Waals surface area contributed by atoms with Gasteiger partial charge in [0, 0.05) is 10.9 Å². The third-order valence-corrected chi connectivity index (χ3v) is 4.84. The Balaban J connectivity index is 1.94. The van der Waals surface area contributed by atoms with Gasteiger partial charge in [-0.25, -0.2) is 9.88 Å². The van der Waals surface area contributed by atoms with E-state index in [0.717, 1.165) is 34.3 Å². The van der Waals surface area contributed by atoms with E-state index in [4.69, 9.17) is 4.74 Å². The number of alkyl halides is 3. The van der Waals surface area contributed by atoms with Gasteiger partial charge in [-0.2, -0.15) is 13.2 Å². The molecule has 0 spiro atoms. The van der Waals surface area contributed by atoms with E-state index in [1.807, 2.05) is 34.2 Å². The summed E-state index contributed by atoms with van der Waals surface area (Å²) in [5, 5.41) is 5.77. The van der Waals surface area contributed by atoms with Gasteiger partial charge in [0.15, 0.2) is 0 Å². The van der Waals surface area contributed by atoms with E-state index in [1.54, 1.807) is 19.3 Å². The minimum absolute atomic E-state index is 0.380.